The van der Waals surface area contributed by atoms with Gasteiger partial charge in [0.25, 0.3) is 0 Å². The van der Waals surface area contributed by atoms with Crippen LogP contribution in [-0.4, -0.2) is 24.3 Å². The van der Waals surface area contributed by atoms with Gasteiger partial charge in [0.1, 0.15) is 12.4 Å². The van der Waals surface area contributed by atoms with Crippen molar-refractivity contribution in [2.45, 2.75) is 6.54 Å². The molecule has 0 fully saturated rings. The number of benzene rings is 2. The van der Waals surface area contributed by atoms with E-state index in [9.17, 15) is 9.59 Å². The number of carbonyl (C=O) groups is 1. The van der Waals surface area contributed by atoms with E-state index in [1.165, 1.54) is 11.7 Å². The third kappa shape index (κ3) is 3.11. The molecule has 3 rings (SSSR count). The SMILES string of the molecule is COC(=O)c1ccc(OCCn2c(=O)oc3ccccc32)cc1. The van der Waals surface area contributed by atoms with E-state index in [0.717, 1.165) is 5.52 Å². The highest BCUT2D eigenvalue weighted by Gasteiger charge is 2.08. The van der Waals surface area contributed by atoms with Gasteiger partial charge in [-0.3, -0.25) is 4.57 Å². The molecule has 1 heterocycles. The predicted molar refractivity (Wildman–Crippen MR) is 83.8 cm³/mol. The van der Waals surface area contributed by atoms with Crippen molar-refractivity contribution in [2.75, 3.05) is 13.7 Å². The Morgan fingerprint density at radius 3 is 2.61 bits per heavy atom. The van der Waals surface area contributed by atoms with Gasteiger partial charge < -0.3 is 13.9 Å². The molecule has 23 heavy (non-hydrogen) atoms. The number of fused-ring (bicyclic) bond motifs is 1. The summed E-state index contributed by atoms with van der Waals surface area (Å²) in [5.41, 5.74) is 1.75. The fourth-order valence-electron chi connectivity index (χ4n) is 2.29. The van der Waals surface area contributed by atoms with Crippen molar-refractivity contribution in [1.29, 1.82) is 0 Å². The normalized spacial score (nSPS) is 10.7. The quantitative estimate of drug-likeness (QED) is 0.677. The maximum atomic E-state index is 11.8. The van der Waals surface area contributed by atoms with Crippen LogP contribution in [-0.2, 0) is 11.3 Å². The molecule has 0 aliphatic heterocycles. The van der Waals surface area contributed by atoms with Crippen molar-refractivity contribution in [2.24, 2.45) is 0 Å². The van der Waals surface area contributed by atoms with Crippen LogP contribution in [0.2, 0.25) is 0 Å². The van der Waals surface area contributed by atoms with Gasteiger partial charge in [-0.2, -0.15) is 0 Å². The molecule has 2 aromatic carbocycles. The van der Waals surface area contributed by atoms with Crippen LogP contribution in [0.15, 0.2) is 57.7 Å². The maximum absolute atomic E-state index is 11.8. The van der Waals surface area contributed by atoms with Crippen LogP contribution in [0.25, 0.3) is 11.1 Å². The lowest BCUT2D eigenvalue weighted by Gasteiger charge is -2.07. The highest BCUT2D eigenvalue weighted by molar-refractivity contribution is 5.89. The van der Waals surface area contributed by atoms with E-state index in [0.29, 0.717) is 30.0 Å². The minimum Gasteiger partial charge on any atom is -0.492 e. The van der Waals surface area contributed by atoms with E-state index >= 15 is 0 Å². The number of nitrogens with zero attached hydrogens (tertiary/aromatic N) is 1. The number of oxazole rings is 1. The number of aromatic nitrogens is 1. The lowest BCUT2D eigenvalue weighted by atomic mass is 10.2. The third-order valence-corrected chi connectivity index (χ3v) is 3.43. The summed E-state index contributed by atoms with van der Waals surface area (Å²) in [4.78, 5) is 23.2. The molecule has 1 aromatic heterocycles. The summed E-state index contributed by atoms with van der Waals surface area (Å²) in [6.45, 7) is 0.676. The van der Waals surface area contributed by atoms with Crippen LogP contribution in [0.4, 0.5) is 0 Å². The number of hydrogen-bond donors (Lipinski definition) is 0. The van der Waals surface area contributed by atoms with Gasteiger partial charge in [-0.25, -0.2) is 9.59 Å². The monoisotopic (exact) mass is 313 g/mol. The van der Waals surface area contributed by atoms with Crippen molar-refractivity contribution in [1.82, 2.24) is 4.57 Å². The molecule has 0 unspecified atom stereocenters. The fourth-order valence-corrected chi connectivity index (χ4v) is 2.29. The number of methoxy groups -OCH3 is 1. The third-order valence-electron chi connectivity index (χ3n) is 3.43. The first-order valence-electron chi connectivity index (χ1n) is 7.08. The van der Waals surface area contributed by atoms with E-state index in [2.05, 4.69) is 4.74 Å². The zero-order valence-electron chi connectivity index (χ0n) is 12.5. The molecule has 0 spiro atoms. The maximum Gasteiger partial charge on any atom is 0.420 e. The van der Waals surface area contributed by atoms with Crippen LogP contribution in [0.1, 0.15) is 10.4 Å². The molecule has 118 valence electrons. The second kappa shape index (κ2) is 6.39. The van der Waals surface area contributed by atoms with Crippen molar-refractivity contribution >= 4 is 17.1 Å². The summed E-state index contributed by atoms with van der Waals surface area (Å²) in [5, 5.41) is 0. The molecule has 0 saturated heterocycles. The van der Waals surface area contributed by atoms with Crippen LogP contribution in [0.3, 0.4) is 0 Å². The average Bonchev–Trinajstić information content (AvgIpc) is 2.90. The molecule has 0 radical (unpaired) electrons. The molecule has 0 aliphatic rings. The highest BCUT2D eigenvalue weighted by atomic mass is 16.5. The van der Waals surface area contributed by atoms with Crippen molar-refractivity contribution in [3.05, 3.63) is 64.6 Å². The number of esters is 1. The summed E-state index contributed by atoms with van der Waals surface area (Å²) < 4.78 is 16.9. The Morgan fingerprint density at radius 1 is 1.13 bits per heavy atom. The Kier molecular flexibility index (Phi) is 4.14. The fraction of sp³-hybridized carbons (Fsp3) is 0.176. The number of ether oxygens (including phenoxy) is 2. The van der Waals surface area contributed by atoms with E-state index < -0.39 is 11.7 Å². The molecule has 0 saturated carbocycles. The number of carbonyl (C=O) groups excluding carboxylic acids is 1. The summed E-state index contributed by atoms with van der Waals surface area (Å²) >= 11 is 0. The summed E-state index contributed by atoms with van der Waals surface area (Å²) in [7, 11) is 1.33. The Labute approximate surface area is 131 Å². The largest absolute Gasteiger partial charge is 0.492 e. The molecular formula is C17H15NO5. The van der Waals surface area contributed by atoms with Gasteiger partial charge in [0.15, 0.2) is 5.58 Å². The number of para-hydroxylation sites is 2. The molecule has 0 atom stereocenters. The Hall–Kier alpha value is -3.02. The first kappa shape index (κ1) is 14.9. The van der Waals surface area contributed by atoms with Gasteiger partial charge in [-0.1, -0.05) is 12.1 Å². The standard InChI is InChI=1S/C17H15NO5/c1-21-16(19)12-6-8-13(9-7-12)22-11-10-18-14-4-2-3-5-15(14)23-17(18)20/h2-9H,10-11H2,1H3. The first-order valence-corrected chi connectivity index (χ1v) is 7.08. The molecule has 0 aliphatic carbocycles. The van der Waals surface area contributed by atoms with Crippen LogP contribution in [0, 0.1) is 0 Å². The van der Waals surface area contributed by atoms with Gasteiger partial charge in [0.05, 0.1) is 24.7 Å². The molecule has 0 N–H and O–H groups in total. The minimum atomic E-state index is -0.407. The Morgan fingerprint density at radius 2 is 1.87 bits per heavy atom. The predicted octanol–water partition coefficient (Wildman–Crippen LogP) is 2.46. The second-order valence-corrected chi connectivity index (χ2v) is 4.85. The van der Waals surface area contributed by atoms with E-state index in [-0.39, 0.29) is 0 Å². The summed E-state index contributed by atoms with van der Waals surface area (Å²) in [6, 6.07) is 13.9. The first-order chi connectivity index (χ1) is 11.2. The number of hydrogen-bond acceptors (Lipinski definition) is 5. The van der Waals surface area contributed by atoms with Gasteiger partial charge in [0, 0.05) is 0 Å². The molecule has 6 heteroatoms. The van der Waals surface area contributed by atoms with Crippen LogP contribution >= 0.6 is 0 Å². The summed E-state index contributed by atoms with van der Waals surface area (Å²) in [6.07, 6.45) is 0. The van der Waals surface area contributed by atoms with E-state index in [4.69, 9.17) is 9.15 Å². The van der Waals surface area contributed by atoms with Gasteiger partial charge in [-0.05, 0) is 36.4 Å². The van der Waals surface area contributed by atoms with Gasteiger partial charge in [-0.15, -0.1) is 0 Å². The summed E-state index contributed by atoms with van der Waals surface area (Å²) in [5.74, 6) is -0.192. The lowest BCUT2D eigenvalue weighted by molar-refractivity contribution is 0.0600. The highest BCUT2D eigenvalue weighted by Crippen LogP contribution is 2.14. The lowest BCUT2D eigenvalue weighted by Crippen LogP contribution is -2.18. The van der Waals surface area contributed by atoms with Crippen LogP contribution < -0.4 is 10.5 Å². The van der Waals surface area contributed by atoms with E-state index in [1.54, 1.807) is 30.3 Å². The zero-order chi connectivity index (χ0) is 16.2. The van der Waals surface area contributed by atoms with Crippen LogP contribution in [0.5, 0.6) is 5.75 Å². The molecule has 3 aromatic rings. The smallest absolute Gasteiger partial charge is 0.420 e. The molecule has 0 amide bonds. The topological polar surface area (TPSA) is 70.7 Å². The van der Waals surface area contributed by atoms with Crippen molar-refractivity contribution in [3.8, 4) is 5.75 Å². The van der Waals surface area contributed by atoms with Gasteiger partial charge in [0.2, 0.25) is 0 Å². The zero-order valence-corrected chi connectivity index (χ0v) is 12.5. The number of rotatable bonds is 5. The minimum absolute atomic E-state index is 0.307. The second-order valence-electron chi connectivity index (χ2n) is 4.85. The van der Waals surface area contributed by atoms with Crippen molar-refractivity contribution < 1.29 is 18.7 Å². The molecular weight excluding hydrogens is 298 g/mol. The molecule has 6 nitrogen and oxygen atoms in total. The Balaban J connectivity index is 1.66. The van der Waals surface area contributed by atoms with Gasteiger partial charge >= 0.3 is 11.7 Å². The average molecular weight is 313 g/mol. The molecule has 0 bridgehead atoms. The van der Waals surface area contributed by atoms with E-state index in [1.807, 2.05) is 18.2 Å². The van der Waals surface area contributed by atoms with Crippen molar-refractivity contribution in [3.63, 3.8) is 0 Å². The Bertz CT molecular complexity index is 876.